The molecule has 3 aromatic rings. The van der Waals surface area contributed by atoms with Gasteiger partial charge in [0, 0.05) is 24.4 Å². The van der Waals surface area contributed by atoms with Crippen LogP contribution in [0, 0.1) is 24.4 Å². The predicted octanol–water partition coefficient (Wildman–Crippen LogP) is 4.01. The lowest BCUT2D eigenvalue weighted by atomic mass is 10.1. The number of halogens is 5. The summed E-state index contributed by atoms with van der Waals surface area (Å²) in [5.74, 6) is -3.36. The molecule has 0 spiro atoms. The molecule has 0 aliphatic carbocycles. The van der Waals surface area contributed by atoms with Gasteiger partial charge in [-0.05, 0) is 36.8 Å². The van der Waals surface area contributed by atoms with Crippen LogP contribution in [0.3, 0.4) is 0 Å². The predicted molar refractivity (Wildman–Crippen MR) is 116 cm³/mol. The molecule has 0 aliphatic heterocycles. The average Bonchev–Trinajstić information content (AvgIpc) is 2.73. The molecule has 32 heavy (non-hydrogen) atoms. The van der Waals surface area contributed by atoms with E-state index in [4.69, 9.17) is 22.1 Å². The maximum absolute atomic E-state index is 14.5. The molecule has 11 heteroatoms. The number of nitrogens with two attached hydrogens (primary N) is 1. The van der Waals surface area contributed by atoms with Crippen LogP contribution in [0.5, 0.6) is 11.5 Å². The largest absolute Gasteiger partial charge is 0.452 e. The molecule has 0 radical (unpaired) electrons. The lowest BCUT2D eigenvalue weighted by Crippen LogP contribution is -2.29. The lowest BCUT2D eigenvalue weighted by molar-refractivity contribution is -0.119. The first-order chi connectivity index (χ1) is 14.7. The molecule has 0 aliphatic rings. The van der Waals surface area contributed by atoms with Crippen molar-refractivity contribution in [1.82, 2.24) is 9.88 Å². The summed E-state index contributed by atoms with van der Waals surface area (Å²) in [5.41, 5.74) is 5.11. The van der Waals surface area contributed by atoms with Gasteiger partial charge in [0.2, 0.25) is 5.91 Å². The summed E-state index contributed by atoms with van der Waals surface area (Å²) >= 11 is 6.12. The molecule has 0 fully saturated rings. The van der Waals surface area contributed by atoms with E-state index in [1.165, 1.54) is 25.1 Å². The van der Waals surface area contributed by atoms with Crippen LogP contribution in [0.1, 0.15) is 11.3 Å². The highest BCUT2D eigenvalue weighted by atomic mass is 35.5. The average molecular weight is 488 g/mol. The molecular formula is C21H18Cl2F3N3O3. The number of nitrogens with zero attached hydrogens (tertiary/aromatic N) is 1. The van der Waals surface area contributed by atoms with Crippen LogP contribution in [-0.4, -0.2) is 17.0 Å². The summed E-state index contributed by atoms with van der Waals surface area (Å²) in [6.07, 6.45) is 0. The van der Waals surface area contributed by atoms with Crippen LogP contribution in [0.15, 0.2) is 47.3 Å². The van der Waals surface area contributed by atoms with E-state index in [1.807, 2.05) is 0 Å². The Bertz CT molecular complexity index is 1220. The maximum atomic E-state index is 14.5. The van der Waals surface area contributed by atoms with Crippen molar-refractivity contribution >= 4 is 29.9 Å². The number of hydrogen-bond donors (Lipinski definition) is 2. The van der Waals surface area contributed by atoms with Crippen molar-refractivity contribution in [2.45, 2.75) is 13.5 Å². The van der Waals surface area contributed by atoms with Gasteiger partial charge in [0.15, 0.2) is 17.3 Å². The molecule has 0 bridgehead atoms. The molecular weight excluding hydrogens is 470 g/mol. The van der Waals surface area contributed by atoms with E-state index in [0.29, 0.717) is 11.6 Å². The third-order valence-corrected chi connectivity index (χ3v) is 4.69. The lowest BCUT2D eigenvalue weighted by Gasteiger charge is -2.16. The Morgan fingerprint density at radius 3 is 2.47 bits per heavy atom. The number of aryl methyl sites for hydroxylation is 1. The zero-order valence-electron chi connectivity index (χ0n) is 16.6. The minimum absolute atomic E-state index is 0. The number of ether oxygens (including phenoxy) is 1. The van der Waals surface area contributed by atoms with E-state index >= 15 is 0 Å². The van der Waals surface area contributed by atoms with Crippen LogP contribution in [-0.2, 0) is 11.3 Å². The third kappa shape index (κ3) is 5.42. The topological polar surface area (TPSA) is 86.3 Å². The Hall–Kier alpha value is -3.01. The molecule has 2 aromatic carbocycles. The first kappa shape index (κ1) is 25.3. The number of hydrogen-bond acceptors (Lipinski definition) is 4. The van der Waals surface area contributed by atoms with Gasteiger partial charge in [0.05, 0.1) is 12.2 Å². The number of pyridine rings is 1. The van der Waals surface area contributed by atoms with Crippen molar-refractivity contribution in [3.05, 3.63) is 86.6 Å². The van der Waals surface area contributed by atoms with Gasteiger partial charge in [-0.25, -0.2) is 13.2 Å². The molecule has 1 heterocycles. The summed E-state index contributed by atoms with van der Waals surface area (Å²) in [5, 5.41) is 2.13. The van der Waals surface area contributed by atoms with E-state index in [2.05, 4.69) is 5.32 Å². The minimum atomic E-state index is -0.976. The molecule has 0 unspecified atom stereocenters. The highest BCUT2D eigenvalue weighted by molar-refractivity contribution is 6.31. The van der Waals surface area contributed by atoms with Crippen molar-refractivity contribution in [2.24, 2.45) is 5.73 Å². The van der Waals surface area contributed by atoms with Crippen LogP contribution < -0.4 is 21.3 Å². The van der Waals surface area contributed by atoms with Gasteiger partial charge in [-0.2, -0.15) is 0 Å². The number of carbonyl (C=O) groups excluding carboxylic acids is 1. The molecule has 3 N–H and O–H groups in total. The first-order valence-corrected chi connectivity index (χ1v) is 9.39. The van der Waals surface area contributed by atoms with E-state index in [-0.39, 0.29) is 48.4 Å². The fourth-order valence-corrected chi connectivity index (χ4v) is 3.02. The fraction of sp³-hybridized carbons (Fsp3) is 0.143. The SMILES string of the molecule is Cc1cc(Oc2ccc(F)cc2F)c(Cl)c(=O)n1-c1cc(CNC(=O)CN)ccc1F.Cl. The Morgan fingerprint density at radius 1 is 1.09 bits per heavy atom. The number of benzene rings is 2. The standard InChI is InChI=1S/C21H17ClF3N3O3.ClH/c1-11-6-18(31-17-5-3-13(23)8-15(17)25)20(22)21(30)28(11)16-7-12(2-4-14(16)24)10-27-19(29)9-26;/h2-8H,9-10,26H2,1H3,(H,27,29);1H. The van der Waals surface area contributed by atoms with Crippen LogP contribution in [0.25, 0.3) is 5.69 Å². The summed E-state index contributed by atoms with van der Waals surface area (Å²) in [4.78, 5) is 24.2. The van der Waals surface area contributed by atoms with Crippen molar-refractivity contribution in [1.29, 1.82) is 0 Å². The van der Waals surface area contributed by atoms with Crippen molar-refractivity contribution in [3.63, 3.8) is 0 Å². The van der Waals surface area contributed by atoms with E-state index < -0.39 is 33.9 Å². The third-order valence-electron chi connectivity index (χ3n) is 4.34. The van der Waals surface area contributed by atoms with E-state index in [1.54, 1.807) is 0 Å². The summed E-state index contributed by atoms with van der Waals surface area (Å²) in [6.45, 7) is 1.39. The summed E-state index contributed by atoms with van der Waals surface area (Å²) in [7, 11) is 0. The van der Waals surface area contributed by atoms with Crippen molar-refractivity contribution in [2.75, 3.05) is 6.54 Å². The van der Waals surface area contributed by atoms with Crippen molar-refractivity contribution < 1.29 is 22.7 Å². The highest BCUT2D eigenvalue weighted by Crippen LogP contribution is 2.31. The van der Waals surface area contributed by atoms with Gasteiger partial charge in [0.1, 0.15) is 16.7 Å². The molecule has 0 saturated carbocycles. The smallest absolute Gasteiger partial charge is 0.278 e. The summed E-state index contributed by atoms with van der Waals surface area (Å²) in [6, 6.07) is 7.99. The number of amides is 1. The fourth-order valence-electron chi connectivity index (χ4n) is 2.84. The molecule has 3 rings (SSSR count). The number of carbonyl (C=O) groups is 1. The van der Waals surface area contributed by atoms with Gasteiger partial charge >= 0.3 is 0 Å². The second-order valence-electron chi connectivity index (χ2n) is 6.55. The second kappa shape index (κ2) is 10.5. The molecule has 1 aromatic heterocycles. The normalized spacial score (nSPS) is 10.4. The Balaban J connectivity index is 0.00000363. The molecule has 0 saturated heterocycles. The maximum Gasteiger partial charge on any atom is 0.278 e. The molecule has 170 valence electrons. The Morgan fingerprint density at radius 2 is 1.81 bits per heavy atom. The van der Waals surface area contributed by atoms with Gasteiger partial charge in [0.25, 0.3) is 5.56 Å². The van der Waals surface area contributed by atoms with Crippen LogP contribution in [0.2, 0.25) is 5.02 Å². The molecule has 6 nitrogen and oxygen atoms in total. The molecule has 1 amide bonds. The number of nitrogens with one attached hydrogen (secondary N) is 1. The van der Waals surface area contributed by atoms with Gasteiger partial charge < -0.3 is 15.8 Å². The highest BCUT2D eigenvalue weighted by Gasteiger charge is 2.18. The van der Waals surface area contributed by atoms with Crippen LogP contribution >= 0.6 is 24.0 Å². The van der Waals surface area contributed by atoms with Gasteiger partial charge in [-0.15, -0.1) is 12.4 Å². The van der Waals surface area contributed by atoms with Gasteiger partial charge in [-0.1, -0.05) is 17.7 Å². The number of aromatic nitrogens is 1. The Kier molecular flexibility index (Phi) is 8.31. The first-order valence-electron chi connectivity index (χ1n) is 9.02. The Labute approximate surface area is 192 Å². The zero-order valence-corrected chi connectivity index (χ0v) is 18.2. The number of rotatable bonds is 6. The van der Waals surface area contributed by atoms with Crippen LogP contribution in [0.4, 0.5) is 13.2 Å². The quantitative estimate of drug-likeness (QED) is 0.549. The second-order valence-corrected chi connectivity index (χ2v) is 6.93. The van der Waals surface area contributed by atoms with E-state index in [9.17, 15) is 22.8 Å². The molecule has 0 atom stereocenters. The zero-order chi connectivity index (χ0) is 22.7. The van der Waals surface area contributed by atoms with Crippen molar-refractivity contribution in [3.8, 4) is 17.2 Å². The monoisotopic (exact) mass is 487 g/mol. The summed E-state index contributed by atoms with van der Waals surface area (Å²) < 4.78 is 47.9. The van der Waals surface area contributed by atoms with E-state index in [0.717, 1.165) is 22.8 Å². The minimum Gasteiger partial charge on any atom is -0.452 e. The van der Waals surface area contributed by atoms with Gasteiger partial charge in [-0.3, -0.25) is 14.2 Å².